The van der Waals surface area contributed by atoms with E-state index in [1.165, 1.54) is 19.3 Å². The molecule has 0 spiro atoms. The van der Waals surface area contributed by atoms with Gasteiger partial charge in [0.25, 0.3) is 0 Å². The molecule has 2 atom stereocenters. The lowest BCUT2D eigenvalue weighted by Crippen LogP contribution is -2.41. The van der Waals surface area contributed by atoms with Gasteiger partial charge < -0.3 is 10.0 Å². The van der Waals surface area contributed by atoms with Crippen molar-refractivity contribution in [2.45, 2.75) is 44.1 Å². The van der Waals surface area contributed by atoms with E-state index in [0.29, 0.717) is 5.15 Å². The van der Waals surface area contributed by atoms with Gasteiger partial charge in [-0.05, 0) is 33.0 Å². The third-order valence-corrected chi connectivity index (χ3v) is 4.57. The second kappa shape index (κ2) is 6.88. The zero-order chi connectivity index (χ0) is 14.6. The Morgan fingerprint density at radius 2 is 2.05 bits per heavy atom. The Labute approximate surface area is 127 Å². The summed E-state index contributed by atoms with van der Waals surface area (Å²) in [6.45, 7) is 0.902. The summed E-state index contributed by atoms with van der Waals surface area (Å²) < 4.78 is 0. The van der Waals surface area contributed by atoms with Crippen LogP contribution in [0, 0.1) is 5.92 Å². The molecule has 4 heteroatoms. The first-order valence-corrected chi connectivity index (χ1v) is 7.89. The van der Waals surface area contributed by atoms with Crippen LogP contribution in [-0.2, 0) is 5.60 Å². The SMILES string of the molecule is CN(C)CC1CCCCCCC1(O)c1ccc(Cl)nc1. The van der Waals surface area contributed by atoms with Crippen molar-refractivity contribution in [1.82, 2.24) is 9.88 Å². The van der Waals surface area contributed by atoms with Crippen LogP contribution in [0.5, 0.6) is 0 Å². The van der Waals surface area contributed by atoms with E-state index in [1.807, 2.05) is 6.07 Å². The lowest BCUT2D eigenvalue weighted by molar-refractivity contribution is -0.0505. The summed E-state index contributed by atoms with van der Waals surface area (Å²) in [4.78, 5) is 6.33. The monoisotopic (exact) mass is 296 g/mol. The van der Waals surface area contributed by atoms with E-state index in [4.69, 9.17) is 11.6 Å². The summed E-state index contributed by atoms with van der Waals surface area (Å²) in [5, 5.41) is 11.8. The fraction of sp³-hybridized carbons (Fsp3) is 0.688. The fourth-order valence-corrected chi connectivity index (χ4v) is 3.39. The lowest BCUT2D eigenvalue weighted by atomic mass is 9.74. The second-order valence-corrected chi connectivity index (χ2v) is 6.59. The molecule has 1 heterocycles. The van der Waals surface area contributed by atoms with E-state index in [0.717, 1.165) is 31.4 Å². The molecule has 1 saturated carbocycles. The van der Waals surface area contributed by atoms with E-state index >= 15 is 0 Å². The maximum absolute atomic E-state index is 11.3. The maximum Gasteiger partial charge on any atom is 0.129 e. The highest BCUT2D eigenvalue weighted by Gasteiger charge is 2.38. The molecule has 0 amide bonds. The third-order valence-electron chi connectivity index (χ3n) is 4.35. The first-order chi connectivity index (χ1) is 9.52. The van der Waals surface area contributed by atoms with E-state index in [2.05, 4.69) is 24.0 Å². The molecule has 1 aromatic heterocycles. The summed E-state index contributed by atoms with van der Waals surface area (Å²) in [6.07, 6.45) is 8.38. The van der Waals surface area contributed by atoms with Gasteiger partial charge in [-0.1, -0.05) is 43.4 Å². The number of hydrogen-bond donors (Lipinski definition) is 1. The highest BCUT2D eigenvalue weighted by Crippen LogP contribution is 2.40. The third kappa shape index (κ3) is 3.72. The molecule has 2 rings (SSSR count). The molecule has 3 nitrogen and oxygen atoms in total. The average Bonchev–Trinajstić information content (AvgIpc) is 2.39. The van der Waals surface area contributed by atoms with Gasteiger partial charge in [-0.25, -0.2) is 4.98 Å². The van der Waals surface area contributed by atoms with Crippen molar-refractivity contribution < 1.29 is 5.11 Å². The van der Waals surface area contributed by atoms with Gasteiger partial charge in [0.2, 0.25) is 0 Å². The van der Waals surface area contributed by atoms with Gasteiger partial charge >= 0.3 is 0 Å². The van der Waals surface area contributed by atoms with Crippen LogP contribution in [-0.4, -0.2) is 35.6 Å². The molecule has 1 N–H and O–H groups in total. The normalized spacial score (nSPS) is 28.1. The van der Waals surface area contributed by atoms with Crippen molar-refractivity contribution in [2.75, 3.05) is 20.6 Å². The van der Waals surface area contributed by atoms with Gasteiger partial charge in [0.05, 0.1) is 5.60 Å². The van der Waals surface area contributed by atoms with Crippen molar-refractivity contribution in [3.05, 3.63) is 29.0 Å². The lowest BCUT2D eigenvalue weighted by Gasteiger charge is -2.39. The Kier molecular flexibility index (Phi) is 5.42. The molecular formula is C16H25ClN2O. The summed E-state index contributed by atoms with van der Waals surface area (Å²) in [5.74, 6) is 0.251. The highest BCUT2D eigenvalue weighted by atomic mass is 35.5. The maximum atomic E-state index is 11.3. The van der Waals surface area contributed by atoms with Crippen molar-refractivity contribution in [3.63, 3.8) is 0 Å². The van der Waals surface area contributed by atoms with Gasteiger partial charge in [-0.2, -0.15) is 0 Å². The molecule has 0 bridgehead atoms. The largest absolute Gasteiger partial charge is 0.385 e. The predicted octanol–water partition coefficient (Wildman–Crippen LogP) is 3.45. The number of nitrogens with zero attached hydrogens (tertiary/aromatic N) is 2. The molecule has 1 aliphatic carbocycles. The van der Waals surface area contributed by atoms with Crippen molar-refractivity contribution in [3.8, 4) is 0 Å². The number of aliphatic hydroxyl groups is 1. The number of pyridine rings is 1. The first kappa shape index (κ1) is 15.7. The van der Waals surface area contributed by atoms with Crippen molar-refractivity contribution >= 4 is 11.6 Å². The molecule has 112 valence electrons. The van der Waals surface area contributed by atoms with Crippen LogP contribution in [0.1, 0.15) is 44.1 Å². The van der Waals surface area contributed by atoms with E-state index in [-0.39, 0.29) is 5.92 Å². The topological polar surface area (TPSA) is 36.4 Å². The minimum absolute atomic E-state index is 0.251. The molecule has 0 radical (unpaired) electrons. The average molecular weight is 297 g/mol. The molecule has 1 aromatic rings. The van der Waals surface area contributed by atoms with Gasteiger partial charge in [0.15, 0.2) is 0 Å². The number of rotatable bonds is 3. The fourth-order valence-electron chi connectivity index (χ4n) is 3.28. The van der Waals surface area contributed by atoms with E-state index < -0.39 is 5.60 Å². The zero-order valence-electron chi connectivity index (χ0n) is 12.5. The molecule has 0 aromatic carbocycles. The Morgan fingerprint density at radius 3 is 2.70 bits per heavy atom. The van der Waals surface area contributed by atoms with Crippen LogP contribution >= 0.6 is 11.6 Å². The van der Waals surface area contributed by atoms with Crippen LogP contribution in [0.4, 0.5) is 0 Å². The van der Waals surface area contributed by atoms with Crippen LogP contribution < -0.4 is 0 Å². The van der Waals surface area contributed by atoms with Crippen LogP contribution in [0.25, 0.3) is 0 Å². The molecule has 0 saturated heterocycles. The minimum Gasteiger partial charge on any atom is -0.385 e. The first-order valence-electron chi connectivity index (χ1n) is 7.51. The summed E-state index contributed by atoms with van der Waals surface area (Å²) in [6, 6.07) is 3.71. The summed E-state index contributed by atoms with van der Waals surface area (Å²) in [5.41, 5.74) is 0.137. The Balaban J connectivity index is 2.30. The Morgan fingerprint density at radius 1 is 1.30 bits per heavy atom. The molecular weight excluding hydrogens is 272 g/mol. The highest BCUT2D eigenvalue weighted by molar-refractivity contribution is 6.29. The zero-order valence-corrected chi connectivity index (χ0v) is 13.2. The molecule has 0 aliphatic heterocycles. The Hall–Kier alpha value is -0.640. The molecule has 20 heavy (non-hydrogen) atoms. The van der Waals surface area contributed by atoms with Gasteiger partial charge in [0, 0.05) is 24.2 Å². The van der Waals surface area contributed by atoms with E-state index in [9.17, 15) is 5.11 Å². The van der Waals surface area contributed by atoms with Gasteiger partial charge in [-0.15, -0.1) is 0 Å². The smallest absolute Gasteiger partial charge is 0.129 e. The van der Waals surface area contributed by atoms with Crippen molar-refractivity contribution in [2.24, 2.45) is 5.92 Å². The van der Waals surface area contributed by atoms with Crippen LogP contribution in [0.2, 0.25) is 5.15 Å². The van der Waals surface area contributed by atoms with Gasteiger partial charge in [0.1, 0.15) is 5.15 Å². The Bertz CT molecular complexity index is 421. The van der Waals surface area contributed by atoms with Crippen molar-refractivity contribution in [1.29, 1.82) is 0 Å². The van der Waals surface area contributed by atoms with Gasteiger partial charge in [-0.3, -0.25) is 0 Å². The predicted molar refractivity (Wildman–Crippen MR) is 82.9 cm³/mol. The molecule has 1 aliphatic rings. The molecule has 1 fully saturated rings. The van der Waals surface area contributed by atoms with Crippen LogP contribution in [0.15, 0.2) is 18.3 Å². The number of aromatic nitrogens is 1. The standard InChI is InChI=1S/C16H25ClN2O/c1-19(2)12-14-7-5-3-4-6-10-16(14,20)13-8-9-15(17)18-11-13/h8-9,11,14,20H,3-7,10,12H2,1-2H3. The summed E-state index contributed by atoms with van der Waals surface area (Å²) in [7, 11) is 4.14. The minimum atomic E-state index is -0.776. The molecule has 2 unspecified atom stereocenters. The number of hydrogen-bond acceptors (Lipinski definition) is 3. The van der Waals surface area contributed by atoms with E-state index in [1.54, 1.807) is 12.3 Å². The second-order valence-electron chi connectivity index (χ2n) is 6.21. The quantitative estimate of drug-likeness (QED) is 0.868. The number of halogens is 1. The van der Waals surface area contributed by atoms with Crippen LogP contribution in [0.3, 0.4) is 0 Å². The summed E-state index contributed by atoms with van der Waals surface area (Å²) >= 11 is 5.87.